The fourth-order valence-corrected chi connectivity index (χ4v) is 3.05. The standard InChI is InChI=1S/C14H18ClN3/c15-10-6-5-7-11-12(10)18-13(17-11)14(16)8-3-1-2-4-9-14/h5-7H,1-4,8-9,16H2,(H,17,18). The van der Waals surface area contributed by atoms with Gasteiger partial charge in [0.1, 0.15) is 11.3 Å². The lowest BCUT2D eigenvalue weighted by molar-refractivity contribution is 0.366. The zero-order valence-electron chi connectivity index (χ0n) is 10.4. The van der Waals surface area contributed by atoms with Crippen LogP contribution in [0.25, 0.3) is 11.0 Å². The van der Waals surface area contributed by atoms with Gasteiger partial charge in [-0.1, -0.05) is 43.4 Å². The normalized spacial score (nSPS) is 19.9. The third-order valence-corrected chi connectivity index (χ3v) is 4.24. The topological polar surface area (TPSA) is 54.7 Å². The van der Waals surface area contributed by atoms with Crippen LogP contribution in [0, 0.1) is 0 Å². The molecule has 96 valence electrons. The number of halogens is 1. The van der Waals surface area contributed by atoms with Gasteiger partial charge in [-0.2, -0.15) is 0 Å². The molecule has 1 aliphatic carbocycles. The molecule has 3 rings (SSSR count). The molecule has 4 heteroatoms. The molecule has 0 amide bonds. The van der Waals surface area contributed by atoms with Crippen LogP contribution in [0.3, 0.4) is 0 Å². The van der Waals surface area contributed by atoms with Crippen molar-refractivity contribution in [1.82, 2.24) is 9.97 Å². The zero-order chi connectivity index (χ0) is 12.6. The second-order valence-electron chi connectivity index (χ2n) is 5.29. The fraction of sp³-hybridized carbons (Fsp3) is 0.500. The van der Waals surface area contributed by atoms with Crippen molar-refractivity contribution in [2.24, 2.45) is 5.73 Å². The highest BCUT2D eigenvalue weighted by Crippen LogP contribution is 2.34. The molecule has 18 heavy (non-hydrogen) atoms. The van der Waals surface area contributed by atoms with Crippen molar-refractivity contribution in [1.29, 1.82) is 0 Å². The van der Waals surface area contributed by atoms with E-state index >= 15 is 0 Å². The second kappa shape index (κ2) is 4.56. The molecule has 0 saturated heterocycles. The number of benzene rings is 1. The number of nitrogens with two attached hydrogens (primary N) is 1. The summed E-state index contributed by atoms with van der Waals surface area (Å²) >= 11 is 6.16. The van der Waals surface area contributed by atoms with Crippen LogP contribution < -0.4 is 5.73 Å². The molecule has 1 aliphatic rings. The van der Waals surface area contributed by atoms with Crippen LogP contribution in [-0.2, 0) is 5.54 Å². The Morgan fingerprint density at radius 3 is 2.56 bits per heavy atom. The lowest BCUT2D eigenvalue weighted by Gasteiger charge is -2.25. The lowest BCUT2D eigenvalue weighted by atomic mass is 9.91. The summed E-state index contributed by atoms with van der Waals surface area (Å²) < 4.78 is 0. The first kappa shape index (κ1) is 12.0. The Labute approximate surface area is 112 Å². The Balaban J connectivity index is 2.05. The Morgan fingerprint density at radius 1 is 1.17 bits per heavy atom. The molecule has 0 aliphatic heterocycles. The summed E-state index contributed by atoms with van der Waals surface area (Å²) in [5.41, 5.74) is 8.07. The number of rotatable bonds is 1. The fourth-order valence-electron chi connectivity index (χ4n) is 2.83. The first-order chi connectivity index (χ1) is 8.69. The molecule has 1 saturated carbocycles. The number of nitrogens with one attached hydrogen (secondary N) is 1. The minimum absolute atomic E-state index is 0.307. The van der Waals surface area contributed by atoms with E-state index < -0.39 is 0 Å². The van der Waals surface area contributed by atoms with Crippen LogP contribution in [0.5, 0.6) is 0 Å². The second-order valence-corrected chi connectivity index (χ2v) is 5.70. The third-order valence-electron chi connectivity index (χ3n) is 3.93. The van der Waals surface area contributed by atoms with Gasteiger partial charge in [-0.15, -0.1) is 0 Å². The first-order valence-corrected chi connectivity index (χ1v) is 7.00. The van der Waals surface area contributed by atoms with E-state index in [2.05, 4.69) is 9.97 Å². The number of hydrogen-bond acceptors (Lipinski definition) is 2. The summed E-state index contributed by atoms with van der Waals surface area (Å²) in [6, 6.07) is 5.80. The average Bonchev–Trinajstić information content (AvgIpc) is 2.69. The zero-order valence-corrected chi connectivity index (χ0v) is 11.1. The van der Waals surface area contributed by atoms with Crippen molar-refractivity contribution in [3.05, 3.63) is 29.0 Å². The van der Waals surface area contributed by atoms with Gasteiger partial charge < -0.3 is 10.7 Å². The maximum atomic E-state index is 6.56. The summed E-state index contributed by atoms with van der Waals surface area (Å²) in [5.74, 6) is 0.896. The van der Waals surface area contributed by atoms with Crippen molar-refractivity contribution in [3.63, 3.8) is 0 Å². The predicted molar refractivity (Wildman–Crippen MR) is 74.7 cm³/mol. The molecule has 0 radical (unpaired) electrons. The number of H-pyrrole nitrogens is 1. The minimum atomic E-state index is -0.307. The van der Waals surface area contributed by atoms with Gasteiger partial charge in [0.05, 0.1) is 16.1 Å². The van der Waals surface area contributed by atoms with Crippen molar-refractivity contribution in [2.75, 3.05) is 0 Å². The van der Waals surface area contributed by atoms with Gasteiger partial charge in [0.15, 0.2) is 0 Å². The van der Waals surface area contributed by atoms with Gasteiger partial charge in [-0.05, 0) is 25.0 Å². The number of imidazole rings is 1. The summed E-state index contributed by atoms with van der Waals surface area (Å²) in [4.78, 5) is 7.99. The highest BCUT2D eigenvalue weighted by atomic mass is 35.5. The van der Waals surface area contributed by atoms with Crippen LogP contribution in [0.1, 0.15) is 44.3 Å². The molecule has 0 spiro atoms. The van der Waals surface area contributed by atoms with Crippen molar-refractivity contribution < 1.29 is 0 Å². The first-order valence-electron chi connectivity index (χ1n) is 6.63. The Bertz CT molecular complexity index is 553. The Hall–Kier alpha value is -1.06. The van der Waals surface area contributed by atoms with E-state index in [1.54, 1.807) is 0 Å². The molecule has 2 aromatic rings. The van der Waals surface area contributed by atoms with Crippen molar-refractivity contribution in [3.8, 4) is 0 Å². The molecular formula is C14H18ClN3. The predicted octanol–water partition coefficient (Wildman–Crippen LogP) is 3.72. The molecule has 1 fully saturated rings. The highest BCUT2D eigenvalue weighted by molar-refractivity contribution is 6.34. The molecule has 1 aromatic heterocycles. The van der Waals surface area contributed by atoms with E-state index in [4.69, 9.17) is 17.3 Å². The molecule has 1 aromatic carbocycles. The number of para-hydroxylation sites is 1. The van der Waals surface area contributed by atoms with Crippen molar-refractivity contribution in [2.45, 2.75) is 44.1 Å². The van der Waals surface area contributed by atoms with E-state index in [-0.39, 0.29) is 5.54 Å². The number of aromatic nitrogens is 2. The third kappa shape index (κ3) is 2.02. The van der Waals surface area contributed by atoms with Crippen LogP contribution >= 0.6 is 11.6 Å². The van der Waals surface area contributed by atoms with E-state index in [0.717, 1.165) is 29.7 Å². The van der Waals surface area contributed by atoms with Gasteiger partial charge in [-0.25, -0.2) is 4.98 Å². The molecule has 0 bridgehead atoms. The van der Waals surface area contributed by atoms with Gasteiger partial charge >= 0.3 is 0 Å². The Kier molecular flexibility index (Phi) is 3.04. The number of aromatic amines is 1. The van der Waals surface area contributed by atoms with Gasteiger partial charge in [0, 0.05) is 0 Å². The quantitative estimate of drug-likeness (QED) is 0.771. The minimum Gasteiger partial charge on any atom is -0.340 e. The average molecular weight is 264 g/mol. The van der Waals surface area contributed by atoms with E-state index in [9.17, 15) is 0 Å². The summed E-state index contributed by atoms with van der Waals surface area (Å²) in [6.07, 6.45) is 6.93. The number of hydrogen-bond donors (Lipinski definition) is 2. The summed E-state index contributed by atoms with van der Waals surface area (Å²) in [5, 5.41) is 0.687. The smallest absolute Gasteiger partial charge is 0.127 e. The number of nitrogens with zero attached hydrogens (tertiary/aromatic N) is 1. The molecule has 0 atom stereocenters. The van der Waals surface area contributed by atoms with Crippen LogP contribution in [-0.4, -0.2) is 9.97 Å². The monoisotopic (exact) mass is 263 g/mol. The maximum absolute atomic E-state index is 6.56. The SMILES string of the molecule is NC1(c2nc3c(Cl)cccc3[nH]2)CCCCCC1. The largest absolute Gasteiger partial charge is 0.340 e. The van der Waals surface area contributed by atoms with Crippen LogP contribution in [0.4, 0.5) is 0 Å². The van der Waals surface area contributed by atoms with Crippen LogP contribution in [0.15, 0.2) is 18.2 Å². The van der Waals surface area contributed by atoms with E-state index in [0.29, 0.717) is 5.02 Å². The van der Waals surface area contributed by atoms with Crippen molar-refractivity contribution >= 4 is 22.6 Å². The summed E-state index contributed by atoms with van der Waals surface area (Å²) in [6.45, 7) is 0. The lowest BCUT2D eigenvalue weighted by Crippen LogP contribution is -2.37. The highest BCUT2D eigenvalue weighted by Gasteiger charge is 2.31. The molecule has 1 heterocycles. The Morgan fingerprint density at radius 2 is 1.89 bits per heavy atom. The summed E-state index contributed by atoms with van der Waals surface area (Å²) in [7, 11) is 0. The van der Waals surface area contributed by atoms with Gasteiger partial charge in [0.2, 0.25) is 0 Å². The van der Waals surface area contributed by atoms with Crippen LogP contribution in [0.2, 0.25) is 5.02 Å². The number of fused-ring (bicyclic) bond motifs is 1. The maximum Gasteiger partial charge on any atom is 0.127 e. The molecule has 3 N–H and O–H groups in total. The molecule has 3 nitrogen and oxygen atoms in total. The molecular weight excluding hydrogens is 246 g/mol. The molecule has 0 unspecified atom stereocenters. The van der Waals surface area contributed by atoms with E-state index in [1.165, 1.54) is 25.7 Å². The van der Waals surface area contributed by atoms with E-state index in [1.807, 2.05) is 18.2 Å². The van der Waals surface area contributed by atoms with Gasteiger partial charge in [0.25, 0.3) is 0 Å². The van der Waals surface area contributed by atoms with Gasteiger partial charge in [-0.3, -0.25) is 0 Å².